The van der Waals surface area contributed by atoms with Gasteiger partial charge in [0.1, 0.15) is 5.72 Å². The fourth-order valence-electron chi connectivity index (χ4n) is 2.74. The fraction of sp³-hybridized carbons (Fsp3) is 0.294. The molecule has 0 N–H and O–H groups in total. The predicted octanol–water partition coefficient (Wildman–Crippen LogP) is 3.03. The van der Waals surface area contributed by atoms with Crippen molar-refractivity contribution in [3.63, 3.8) is 0 Å². The highest BCUT2D eigenvalue weighted by molar-refractivity contribution is 5.94. The highest BCUT2D eigenvalue weighted by Crippen LogP contribution is 2.37. The molecule has 1 aliphatic heterocycles. The van der Waals surface area contributed by atoms with Gasteiger partial charge in [-0.3, -0.25) is 9.78 Å². The molecule has 1 aromatic carbocycles. The van der Waals surface area contributed by atoms with Gasteiger partial charge in [-0.2, -0.15) is 0 Å². The van der Waals surface area contributed by atoms with Crippen LogP contribution in [0, 0.1) is 0 Å². The van der Waals surface area contributed by atoms with Crippen molar-refractivity contribution in [2.45, 2.75) is 25.6 Å². The second-order valence-corrected chi connectivity index (χ2v) is 5.60. The first kappa shape index (κ1) is 13.8. The van der Waals surface area contributed by atoms with Gasteiger partial charge < -0.3 is 9.64 Å². The van der Waals surface area contributed by atoms with Crippen LogP contribution in [0.4, 0.5) is 0 Å². The van der Waals surface area contributed by atoms with E-state index in [2.05, 4.69) is 4.98 Å². The Kier molecular flexibility index (Phi) is 3.47. The minimum atomic E-state index is -0.632. The minimum absolute atomic E-state index is 0.0561. The molecule has 21 heavy (non-hydrogen) atoms. The van der Waals surface area contributed by atoms with E-state index >= 15 is 0 Å². The van der Waals surface area contributed by atoms with Crippen LogP contribution >= 0.6 is 0 Å². The molecule has 1 saturated heterocycles. The van der Waals surface area contributed by atoms with Crippen LogP contribution in [-0.4, -0.2) is 28.1 Å². The maximum Gasteiger partial charge on any atom is 0.258 e. The van der Waals surface area contributed by atoms with Gasteiger partial charge in [0, 0.05) is 12.4 Å². The van der Waals surface area contributed by atoms with Crippen LogP contribution in [0.25, 0.3) is 0 Å². The third kappa shape index (κ3) is 2.54. The number of amides is 1. The van der Waals surface area contributed by atoms with Gasteiger partial charge in [0.15, 0.2) is 0 Å². The number of ether oxygens (including phenoxy) is 1. The Labute approximate surface area is 124 Å². The molecule has 1 atom stereocenters. The first-order valence-corrected chi connectivity index (χ1v) is 7.02. The van der Waals surface area contributed by atoms with Crippen LogP contribution in [0.15, 0.2) is 54.9 Å². The summed E-state index contributed by atoms with van der Waals surface area (Å²) in [5.41, 5.74) is 1.03. The zero-order valence-corrected chi connectivity index (χ0v) is 12.2. The maximum atomic E-state index is 12.9. The Bertz CT molecular complexity index is 626. The molecular formula is C17H18N2O2. The van der Waals surface area contributed by atoms with Crippen LogP contribution in [0.1, 0.15) is 35.8 Å². The Morgan fingerprint density at radius 1 is 1.24 bits per heavy atom. The molecule has 0 radical (unpaired) electrons. The standard InChI is InChI=1S/C17H18N2O2/c1-17(2)19(16(20)14-9-6-10-18-11-14)15(12-21-17)13-7-4-3-5-8-13/h3-11,15H,12H2,1-2H3/t15-/m1/s1. The Morgan fingerprint density at radius 2 is 2.00 bits per heavy atom. The number of carbonyl (C=O) groups is 1. The van der Waals surface area contributed by atoms with E-state index in [-0.39, 0.29) is 11.9 Å². The number of carbonyl (C=O) groups excluding carboxylic acids is 1. The molecule has 0 bridgehead atoms. The van der Waals surface area contributed by atoms with Gasteiger partial charge >= 0.3 is 0 Å². The zero-order chi connectivity index (χ0) is 14.9. The molecule has 1 aliphatic rings. The monoisotopic (exact) mass is 282 g/mol. The average Bonchev–Trinajstić information content (AvgIpc) is 2.84. The molecule has 1 amide bonds. The molecule has 2 heterocycles. The molecule has 3 rings (SSSR count). The summed E-state index contributed by atoms with van der Waals surface area (Å²) in [6.07, 6.45) is 3.26. The van der Waals surface area contributed by atoms with Crippen molar-refractivity contribution in [2.24, 2.45) is 0 Å². The molecular weight excluding hydrogens is 264 g/mol. The second-order valence-electron chi connectivity index (χ2n) is 5.60. The number of benzene rings is 1. The molecule has 4 nitrogen and oxygen atoms in total. The summed E-state index contributed by atoms with van der Waals surface area (Å²) in [6, 6.07) is 13.5. The third-order valence-electron chi connectivity index (χ3n) is 3.80. The van der Waals surface area contributed by atoms with E-state index in [1.807, 2.05) is 44.2 Å². The van der Waals surface area contributed by atoms with E-state index in [0.29, 0.717) is 12.2 Å². The molecule has 0 unspecified atom stereocenters. The van der Waals surface area contributed by atoms with Crippen molar-refractivity contribution in [1.82, 2.24) is 9.88 Å². The Hall–Kier alpha value is -2.20. The van der Waals surface area contributed by atoms with E-state index < -0.39 is 5.72 Å². The summed E-state index contributed by atoms with van der Waals surface area (Å²) in [4.78, 5) is 18.7. The van der Waals surface area contributed by atoms with Crippen molar-refractivity contribution in [1.29, 1.82) is 0 Å². The number of rotatable bonds is 2. The van der Waals surface area contributed by atoms with E-state index in [0.717, 1.165) is 5.56 Å². The minimum Gasteiger partial charge on any atom is -0.354 e. The largest absolute Gasteiger partial charge is 0.354 e. The van der Waals surface area contributed by atoms with E-state index in [1.165, 1.54) is 0 Å². The summed E-state index contributed by atoms with van der Waals surface area (Å²) in [6.45, 7) is 4.34. The molecule has 4 heteroatoms. The van der Waals surface area contributed by atoms with Crippen LogP contribution in [0.2, 0.25) is 0 Å². The number of hydrogen-bond acceptors (Lipinski definition) is 3. The van der Waals surface area contributed by atoms with Gasteiger partial charge in [-0.25, -0.2) is 0 Å². The first-order valence-electron chi connectivity index (χ1n) is 7.02. The Balaban J connectivity index is 1.98. The van der Waals surface area contributed by atoms with Gasteiger partial charge in [-0.15, -0.1) is 0 Å². The molecule has 0 saturated carbocycles. The van der Waals surface area contributed by atoms with Crippen LogP contribution in [-0.2, 0) is 4.74 Å². The van der Waals surface area contributed by atoms with Gasteiger partial charge in [0.05, 0.1) is 18.2 Å². The molecule has 1 aromatic heterocycles. The van der Waals surface area contributed by atoms with Gasteiger partial charge in [-0.05, 0) is 31.5 Å². The highest BCUT2D eigenvalue weighted by Gasteiger charge is 2.44. The van der Waals surface area contributed by atoms with E-state index in [4.69, 9.17) is 4.74 Å². The van der Waals surface area contributed by atoms with Crippen LogP contribution < -0.4 is 0 Å². The first-order chi connectivity index (χ1) is 10.1. The van der Waals surface area contributed by atoms with Crippen molar-refractivity contribution in [2.75, 3.05) is 6.61 Å². The average molecular weight is 282 g/mol. The molecule has 2 aromatic rings. The zero-order valence-electron chi connectivity index (χ0n) is 12.2. The normalized spacial score (nSPS) is 20.5. The van der Waals surface area contributed by atoms with E-state index in [9.17, 15) is 4.79 Å². The lowest BCUT2D eigenvalue weighted by atomic mass is 10.0. The number of nitrogens with zero attached hydrogens (tertiary/aromatic N) is 2. The summed E-state index contributed by atoms with van der Waals surface area (Å²) in [5.74, 6) is -0.0561. The maximum absolute atomic E-state index is 12.9. The van der Waals surface area contributed by atoms with Crippen LogP contribution in [0.3, 0.4) is 0 Å². The SMILES string of the molecule is CC1(C)OC[C@H](c2ccccc2)N1C(=O)c1cccnc1. The van der Waals surface area contributed by atoms with Crippen LogP contribution in [0.5, 0.6) is 0 Å². The molecule has 1 fully saturated rings. The lowest BCUT2D eigenvalue weighted by Gasteiger charge is -2.33. The quantitative estimate of drug-likeness (QED) is 0.850. The van der Waals surface area contributed by atoms with Crippen molar-refractivity contribution < 1.29 is 9.53 Å². The van der Waals surface area contributed by atoms with Crippen molar-refractivity contribution in [3.8, 4) is 0 Å². The lowest BCUT2D eigenvalue weighted by Crippen LogP contribution is -2.44. The predicted molar refractivity (Wildman–Crippen MR) is 79.6 cm³/mol. The second kappa shape index (κ2) is 5.30. The summed E-state index contributed by atoms with van der Waals surface area (Å²) in [5, 5.41) is 0. The van der Waals surface area contributed by atoms with Crippen molar-refractivity contribution in [3.05, 3.63) is 66.0 Å². The van der Waals surface area contributed by atoms with Gasteiger partial charge in [-0.1, -0.05) is 30.3 Å². The smallest absolute Gasteiger partial charge is 0.258 e. The van der Waals surface area contributed by atoms with E-state index in [1.54, 1.807) is 29.4 Å². The molecule has 0 aliphatic carbocycles. The molecule has 0 spiro atoms. The van der Waals surface area contributed by atoms with Gasteiger partial charge in [0.25, 0.3) is 5.91 Å². The van der Waals surface area contributed by atoms with Crippen molar-refractivity contribution >= 4 is 5.91 Å². The fourth-order valence-corrected chi connectivity index (χ4v) is 2.74. The number of hydrogen-bond donors (Lipinski definition) is 0. The highest BCUT2D eigenvalue weighted by atomic mass is 16.5. The summed E-state index contributed by atoms with van der Waals surface area (Å²) in [7, 11) is 0. The summed E-state index contributed by atoms with van der Waals surface area (Å²) >= 11 is 0. The van der Waals surface area contributed by atoms with Gasteiger partial charge in [0.2, 0.25) is 0 Å². The summed E-state index contributed by atoms with van der Waals surface area (Å²) < 4.78 is 5.85. The Morgan fingerprint density at radius 3 is 2.67 bits per heavy atom. The number of pyridine rings is 1. The molecule has 108 valence electrons. The topological polar surface area (TPSA) is 42.4 Å². The third-order valence-corrected chi connectivity index (χ3v) is 3.80. The number of aromatic nitrogens is 1. The lowest BCUT2D eigenvalue weighted by molar-refractivity contribution is -0.0403.